The Bertz CT molecular complexity index is 526. The highest BCUT2D eigenvalue weighted by atomic mass is 79.9. The fourth-order valence-corrected chi connectivity index (χ4v) is 1.93. The van der Waals surface area contributed by atoms with Crippen LogP contribution >= 0.6 is 15.9 Å². The highest BCUT2D eigenvalue weighted by molar-refractivity contribution is 9.10. The predicted octanol–water partition coefficient (Wildman–Crippen LogP) is 3.05. The first-order valence-corrected chi connectivity index (χ1v) is 6.88. The van der Waals surface area contributed by atoms with Crippen LogP contribution in [0.15, 0.2) is 22.7 Å². The van der Waals surface area contributed by atoms with Crippen molar-refractivity contribution < 1.29 is 18.7 Å². The van der Waals surface area contributed by atoms with Crippen molar-refractivity contribution in [2.24, 2.45) is 0 Å². The largest absolute Gasteiger partial charge is 0.458 e. The van der Waals surface area contributed by atoms with E-state index in [1.807, 2.05) is 0 Å². The average Bonchev–Trinajstić information content (AvgIpc) is 2.26. The number of halogens is 2. The molecule has 1 amide bonds. The van der Waals surface area contributed by atoms with Crippen LogP contribution < -0.4 is 5.32 Å². The molecule has 0 aliphatic carbocycles. The van der Waals surface area contributed by atoms with Gasteiger partial charge < -0.3 is 10.1 Å². The van der Waals surface area contributed by atoms with Crippen molar-refractivity contribution in [2.45, 2.75) is 39.3 Å². The summed E-state index contributed by atoms with van der Waals surface area (Å²) in [6, 6.07) is 2.92. The van der Waals surface area contributed by atoms with E-state index in [9.17, 15) is 14.0 Å². The minimum Gasteiger partial charge on any atom is -0.458 e. The van der Waals surface area contributed by atoms with Gasteiger partial charge in [-0.3, -0.25) is 4.79 Å². The molecule has 1 N–H and O–H groups in total. The van der Waals surface area contributed by atoms with Gasteiger partial charge in [-0.2, -0.15) is 0 Å². The van der Waals surface area contributed by atoms with Crippen molar-refractivity contribution >= 4 is 27.8 Å². The van der Waals surface area contributed by atoms with Gasteiger partial charge in [0, 0.05) is 4.47 Å². The van der Waals surface area contributed by atoms with Crippen molar-refractivity contribution in [3.8, 4) is 0 Å². The SMILES string of the molecule is C[C@H](NC(=O)c1ccc(F)cc1Br)C(=O)OC(C)(C)C. The summed E-state index contributed by atoms with van der Waals surface area (Å²) in [4.78, 5) is 23.7. The first-order valence-electron chi connectivity index (χ1n) is 6.09. The van der Waals surface area contributed by atoms with E-state index in [0.29, 0.717) is 4.47 Å². The maximum Gasteiger partial charge on any atom is 0.328 e. The topological polar surface area (TPSA) is 55.4 Å². The molecule has 20 heavy (non-hydrogen) atoms. The summed E-state index contributed by atoms with van der Waals surface area (Å²) in [6.45, 7) is 6.77. The van der Waals surface area contributed by atoms with Crippen molar-refractivity contribution in [1.82, 2.24) is 5.32 Å². The summed E-state index contributed by atoms with van der Waals surface area (Å²) < 4.78 is 18.4. The number of nitrogens with one attached hydrogen (secondary N) is 1. The molecule has 0 heterocycles. The van der Waals surface area contributed by atoms with Crippen molar-refractivity contribution in [1.29, 1.82) is 0 Å². The molecule has 0 saturated carbocycles. The van der Waals surface area contributed by atoms with Gasteiger partial charge >= 0.3 is 5.97 Å². The van der Waals surface area contributed by atoms with E-state index in [1.165, 1.54) is 25.1 Å². The van der Waals surface area contributed by atoms with Crippen LogP contribution in [0.5, 0.6) is 0 Å². The molecule has 1 atom stereocenters. The van der Waals surface area contributed by atoms with Gasteiger partial charge in [0.2, 0.25) is 0 Å². The number of amides is 1. The molecular weight excluding hydrogens is 329 g/mol. The number of hydrogen-bond donors (Lipinski definition) is 1. The second-order valence-electron chi connectivity index (χ2n) is 5.35. The molecule has 0 fully saturated rings. The Morgan fingerprint density at radius 3 is 2.45 bits per heavy atom. The maximum atomic E-state index is 13.0. The van der Waals surface area contributed by atoms with Crippen LogP contribution in [-0.2, 0) is 9.53 Å². The third-order valence-electron chi connectivity index (χ3n) is 2.28. The molecule has 0 aliphatic heterocycles. The average molecular weight is 346 g/mol. The third kappa shape index (κ3) is 4.92. The van der Waals surface area contributed by atoms with E-state index >= 15 is 0 Å². The maximum absolute atomic E-state index is 13.0. The minimum atomic E-state index is -0.793. The molecule has 1 aromatic rings. The first kappa shape index (κ1) is 16.6. The van der Waals surface area contributed by atoms with Crippen LogP contribution in [0.25, 0.3) is 0 Å². The van der Waals surface area contributed by atoms with Gasteiger partial charge in [-0.15, -0.1) is 0 Å². The number of hydrogen-bond acceptors (Lipinski definition) is 3. The number of esters is 1. The first-order chi connectivity index (χ1) is 9.10. The molecule has 0 aliphatic rings. The summed E-state index contributed by atoms with van der Waals surface area (Å²) in [5.74, 6) is -1.45. The van der Waals surface area contributed by atoms with Crippen LogP contribution in [0.1, 0.15) is 38.1 Å². The summed E-state index contributed by atoms with van der Waals surface area (Å²) in [6.07, 6.45) is 0. The van der Waals surface area contributed by atoms with Gasteiger partial charge in [-0.1, -0.05) is 0 Å². The zero-order chi connectivity index (χ0) is 15.5. The highest BCUT2D eigenvalue weighted by Crippen LogP contribution is 2.18. The predicted molar refractivity (Wildman–Crippen MR) is 76.9 cm³/mol. The van der Waals surface area contributed by atoms with Crippen LogP contribution in [0.3, 0.4) is 0 Å². The van der Waals surface area contributed by atoms with Crippen molar-refractivity contribution in [3.63, 3.8) is 0 Å². The normalized spacial score (nSPS) is 12.7. The lowest BCUT2D eigenvalue weighted by atomic mass is 10.2. The fourth-order valence-electron chi connectivity index (χ4n) is 1.40. The zero-order valence-electron chi connectivity index (χ0n) is 11.8. The smallest absolute Gasteiger partial charge is 0.328 e. The highest BCUT2D eigenvalue weighted by Gasteiger charge is 2.23. The lowest BCUT2D eigenvalue weighted by Crippen LogP contribution is -2.42. The van der Waals surface area contributed by atoms with Gasteiger partial charge in [-0.25, -0.2) is 9.18 Å². The molecule has 0 unspecified atom stereocenters. The summed E-state index contributed by atoms with van der Waals surface area (Å²) >= 11 is 3.11. The Labute approximate surface area is 125 Å². The molecule has 1 aromatic carbocycles. The van der Waals surface area contributed by atoms with Gasteiger partial charge in [-0.05, 0) is 61.8 Å². The Kier molecular flexibility index (Phi) is 5.28. The summed E-state index contributed by atoms with van der Waals surface area (Å²) in [5.41, 5.74) is -0.367. The second-order valence-corrected chi connectivity index (χ2v) is 6.21. The number of benzene rings is 1. The Balaban J connectivity index is 2.73. The molecule has 0 aromatic heterocycles. The molecule has 0 saturated heterocycles. The third-order valence-corrected chi connectivity index (χ3v) is 2.94. The van der Waals surface area contributed by atoms with Crippen LogP contribution in [0.2, 0.25) is 0 Å². The molecule has 110 valence electrons. The van der Waals surface area contributed by atoms with Gasteiger partial charge in [0.05, 0.1) is 5.56 Å². The number of ether oxygens (including phenoxy) is 1. The summed E-state index contributed by atoms with van der Waals surface area (Å²) in [7, 11) is 0. The Morgan fingerprint density at radius 2 is 1.95 bits per heavy atom. The van der Waals surface area contributed by atoms with E-state index in [4.69, 9.17) is 4.74 Å². The van der Waals surface area contributed by atoms with E-state index < -0.39 is 29.3 Å². The van der Waals surface area contributed by atoms with E-state index in [-0.39, 0.29) is 5.56 Å². The van der Waals surface area contributed by atoms with Crippen molar-refractivity contribution in [3.05, 3.63) is 34.1 Å². The molecule has 1 rings (SSSR count). The monoisotopic (exact) mass is 345 g/mol. The lowest BCUT2D eigenvalue weighted by Gasteiger charge is -2.22. The molecular formula is C14H17BrFNO3. The molecule has 0 spiro atoms. The van der Waals surface area contributed by atoms with E-state index in [2.05, 4.69) is 21.2 Å². The van der Waals surface area contributed by atoms with Crippen molar-refractivity contribution in [2.75, 3.05) is 0 Å². The van der Waals surface area contributed by atoms with Crippen LogP contribution in [-0.4, -0.2) is 23.5 Å². The van der Waals surface area contributed by atoms with Gasteiger partial charge in [0.1, 0.15) is 17.5 Å². The van der Waals surface area contributed by atoms with E-state index in [1.54, 1.807) is 20.8 Å². The molecule has 4 nitrogen and oxygen atoms in total. The van der Waals surface area contributed by atoms with Crippen LogP contribution in [0.4, 0.5) is 4.39 Å². The molecule has 0 radical (unpaired) electrons. The van der Waals surface area contributed by atoms with Crippen LogP contribution in [0, 0.1) is 5.82 Å². The quantitative estimate of drug-likeness (QED) is 0.856. The summed E-state index contributed by atoms with van der Waals surface area (Å²) in [5, 5.41) is 2.51. The van der Waals surface area contributed by atoms with Gasteiger partial charge in [0.15, 0.2) is 0 Å². The lowest BCUT2D eigenvalue weighted by molar-refractivity contribution is -0.156. The molecule has 6 heteroatoms. The fraction of sp³-hybridized carbons (Fsp3) is 0.429. The number of carbonyl (C=O) groups excluding carboxylic acids is 2. The molecule has 0 bridgehead atoms. The Hall–Kier alpha value is -1.43. The van der Waals surface area contributed by atoms with E-state index in [0.717, 1.165) is 0 Å². The Morgan fingerprint density at radius 1 is 1.35 bits per heavy atom. The van der Waals surface area contributed by atoms with Gasteiger partial charge in [0.25, 0.3) is 5.91 Å². The zero-order valence-corrected chi connectivity index (χ0v) is 13.4. The minimum absolute atomic E-state index is 0.252. The number of carbonyl (C=O) groups is 2. The number of rotatable bonds is 3. The second kappa shape index (κ2) is 6.35. The standard InChI is InChI=1S/C14H17BrFNO3/c1-8(13(19)20-14(2,3)4)17-12(18)10-6-5-9(16)7-11(10)15/h5-8H,1-4H3,(H,17,18)/t8-/m0/s1.